The monoisotopic (exact) mass is 287 g/mol. The maximum absolute atomic E-state index is 12.3. The standard InChI is InChI=1S/C9H13N5O4S/c1-2-13-3-6(9(10)12-13)19(17,18)14-4-7(15)11-8(16)5-14/h3H,2,4-5H2,1H3,(H2,10,12)(H,11,15,16). The van der Waals surface area contributed by atoms with Crippen LogP contribution < -0.4 is 11.1 Å². The molecular weight excluding hydrogens is 274 g/mol. The Bertz CT molecular complexity index is 619. The van der Waals surface area contributed by atoms with E-state index in [9.17, 15) is 18.0 Å². The van der Waals surface area contributed by atoms with Crippen molar-refractivity contribution < 1.29 is 18.0 Å². The SMILES string of the molecule is CCn1cc(S(=O)(=O)N2CC(=O)NC(=O)C2)c(N)n1. The van der Waals surface area contributed by atoms with Gasteiger partial charge in [0.1, 0.15) is 4.90 Å². The highest BCUT2D eigenvalue weighted by atomic mass is 32.2. The van der Waals surface area contributed by atoms with Crippen molar-refractivity contribution in [2.24, 2.45) is 0 Å². The van der Waals surface area contributed by atoms with Crippen LogP contribution >= 0.6 is 0 Å². The molecule has 2 rings (SSSR count). The van der Waals surface area contributed by atoms with Gasteiger partial charge in [0.05, 0.1) is 13.1 Å². The molecule has 0 aromatic carbocycles. The summed E-state index contributed by atoms with van der Waals surface area (Å²) in [6.07, 6.45) is 1.28. The Morgan fingerprint density at radius 1 is 1.37 bits per heavy atom. The van der Waals surface area contributed by atoms with Gasteiger partial charge in [-0.1, -0.05) is 0 Å². The van der Waals surface area contributed by atoms with E-state index >= 15 is 0 Å². The number of piperazine rings is 1. The maximum atomic E-state index is 12.3. The fourth-order valence-corrected chi connectivity index (χ4v) is 3.11. The number of hydrogen-bond acceptors (Lipinski definition) is 6. The van der Waals surface area contributed by atoms with Gasteiger partial charge in [-0.2, -0.15) is 9.40 Å². The fourth-order valence-electron chi connectivity index (χ4n) is 1.70. The first-order chi connectivity index (χ1) is 8.84. The van der Waals surface area contributed by atoms with Crippen LogP contribution in [0.1, 0.15) is 6.92 Å². The molecule has 0 spiro atoms. The second-order valence-electron chi connectivity index (χ2n) is 3.98. The van der Waals surface area contributed by atoms with E-state index in [4.69, 9.17) is 5.73 Å². The van der Waals surface area contributed by atoms with E-state index < -0.39 is 34.9 Å². The molecule has 0 radical (unpaired) electrons. The third kappa shape index (κ3) is 2.44. The highest BCUT2D eigenvalue weighted by Gasteiger charge is 2.35. The number of nitrogens with one attached hydrogen (secondary N) is 1. The molecule has 9 nitrogen and oxygen atoms in total. The topological polar surface area (TPSA) is 127 Å². The minimum atomic E-state index is -4.00. The summed E-state index contributed by atoms with van der Waals surface area (Å²) in [5, 5.41) is 5.86. The van der Waals surface area contributed by atoms with Gasteiger partial charge in [0.2, 0.25) is 21.8 Å². The lowest BCUT2D eigenvalue weighted by molar-refractivity contribution is -0.134. The van der Waals surface area contributed by atoms with Gasteiger partial charge in [0.15, 0.2) is 5.82 Å². The molecule has 19 heavy (non-hydrogen) atoms. The number of imide groups is 1. The third-order valence-corrected chi connectivity index (χ3v) is 4.42. The van der Waals surface area contributed by atoms with E-state index in [1.54, 1.807) is 6.92 Å². The number of anilines is 1. The second kappa shape index (κ2) is 4.63. The molecule has 1 fully saturated rings. The van der Waals surface area contributed by atoms with Crippen LogP contribution in [-0.4, -0.2) is 47.4 Å². The van der Waals surface area contributed by atoms with Crippen LogP contribution in [0, 0.1) is 0 Å². The minimum Gasteiger partial charge on any atom is -0.381 e. The van der Waals surface area contributed by atoms with Crippen LogP contribution in [0.4, 0.5) is 5.82 Å². The van der Waals surface area contributed by atoms with E-state index in [-0.39, 0.29) is 10.7 Å². The number of carbonyl (C=O) groups excluding carboxylic acids is 2. The van der Waals surface area contributed by atoms with E-state index in [0.29, 0.717) is 6.54 Å². The molecule has 0 aliphatic carbocycles. The first-order valence-corrected chi connectivity index (χ1v) is 6.94. The van der Waals surface area contributed by atoms with E-state index in [2.05, 4.69) is 5.10 Å². The van der Waals surface area contributed by atoms with Gasteiger partial charge in [-0.15, -0.1) is 0 Å². The van der Waals surface area contributed by atoms with Crippen LogP contribution in [-0.2, 0) is 26.2 Å². The number of amides is 2. The van der Waals surface area contributed by atoms with Gasteiger partial charge >= 0.3 is 0 Å². The summed E-state index contributed by atoms with van der Waals surface area (Å²) in [6, 6.07) is 0. The van der Waals surface area contributed by atoms with Gasteiger partial charge < -0.3 is 5.73 Å². The number of aromatic nitrogens is 2. The number of rotatable bonds is 3. The van der Waals surface area contributed by atoms with Gasteiger partial charge in [-0.25, -0.2) is 8.42 Å². The second-order valence-corrected chi connectivity index (χ2v) is 5.89. The number of carbonyl (C=O) groups is 2. The van der Waals surface area contributed by atoms with Crippen LogP contribution in [0.2, 0.25) is 0 Å². The molecule has 1 aliphatic heterocycles. The lowest BCUT2D eigenvalue weighted by Crippen LogP contribution is -2.53. The molecular formula is C9H13N5O4S. The molecule has 0 bridgehead atoms. The lowest BCUT2D eigenvalue weighted by Gasteiger charge is -2.24. The summed E-state index contributed by atoms with van der Waals surface area (Å²) in [6.45, 7) is 1.41. The van der Waals surface area contributed by atoms with Gasteiger partial charge in [-0.3, -0.25) is 19.6 Å². The van der Waals surface area contributed by atoms with E-state index in [0.717, 1.165) is 4.31 Å². The van der Waals surface area contributed by atoms with Crippen molar-refractivity contribution in [3.63, 3.8) is 0 Å². The van der Waals surface area contributed by atoms with E-state index in [1.807, 2.05) is 5.32 Å². The van der Waals surface area contributed by atoms with E-state index in [1.165, 1.54) is 10.9 Å². The number of hydrogen-bond donors (Lipinski definition) is 2. The minimum absolute atomic E-state index is 0.153. The zero-order chi connectivity index (χ0) is 14.2. The average molecular weight is 287 g/mol. The normalized spacial score (nSPS) is 17.5. The smallest absolute Gasteiger partial charge is 0.249 e. The molecule has 1 saturated heterocycles. The highest BCUT2D eigenvalue weighted by molar-refractivity contribution is 7.89. The summed E-state index contributed by atoms with van der Waals surface area (Å²) < 4.78 is 26.7. The highest BCUT2D eigenvalue weighted by Crippen LogP contribution is 2.21. The Hall–Kier alpha value is -1.94. The predicted octanol–water partition coefficient (Wildman–Crippen LogP) is -1.87. The Kier molecular flexibility index (Phi) is 3.28. The van der Waals surface area contributed by atoms with Crippen LogP contribution in [0.5, 0.6) is 0 Å². The molecule has 0 unspecified atom stereocenters. The molecule has 0 saturated carbocycles. The van der Waals surface area contributed by atoms with Crippen LogP contribution in [0.15, 0.2) is 11.1 Å². The van der Waals surface area contributed by atoms with Crippen LogP contribution in [0.25, 0.3) is 0 Å². The predicted molar refractivity (Wildman–Crippen MR) is 64.2 cm³/mol. The summed E-state index contributed by atoms with van der Waals surface area (Å²) in [5.41, 5.74) is 5.56. The van der Waals surface area contributed by atoms with Gasteiger partial charge in [0, 0.05) is 12.7 Å². The zero-order valence-corrected chi connectivity index (χ0v) is 11.0. The van der Waals surface area contributed by atoms with Crippen molar-refractivity contribution in [2.45, 2.75) is 18.4 Å². The summed E-state index contributed by atoms with van der Waals surface area (Å²) in [7, 11) is -4.00. The zero-order valence-electron chi connectivity index (χ0n) is 10.2. The lowest BCUT2D eigenvalue weighted by atomic mass is 10.4. The molecule has 104 valence electrons. The molecule has 2 amide bonds. The van der Waals surface area contributed by atoms with Crippen molar-refractivity contribution >= 4 is 27.7 Å². The van der Waals surface area contributed by atoms with Gasteiger partial charge in [0.25, 0.3) is 0 Å². The number of nitrogens with two attached hydrogens (primary N) is 1. The number of sulfonamides is 1. The molecule has 2 heterocycles. The van der Waals surface area contributed by atoms with Crippen molar-refractivity contribution in [2.75, 3.05) is 18.8 Å². The number of nitrogen functional groups attached to an aromatic ring is 1. The molecule has 0 atom stereocenters. The van der Waals surface area contributed by atoms with Crippen molar-refractivity contribution in [1.29, 1.82) is 0 Å². The number of aryl methyl sites for hydroxylation is 1. The molecule has 1 aliphatic rings. The van der Waals surface area contributed by atoms with Gasteiger partial charge in [-0.05, 0) is 6.92 Å². The molecule has 1 aromatic rings. The summed E-state index contributed by atoms with van der Waals surface area (Å²) in [5.74, 6) is -1.48. The largest absolute Gasteiger partial charge is 0.381 e. The summed E-state index contributed by atoms with van der Waals surface area (Å²) >= 11 is 0. The maximum Gasteiger partial charge on any atom is 0.249 e. The Balaban J connectivity index is 2.38. The summed E-state index contributed by atoms with van der Waals surface area (Å²) in [4.78, 5) is 22.2. The van der Waals surface area contributed by atoms with Crippen molar-refractivity contribution in [1.82, 2.24) is 19.4 Å². The fraction of sp³-hybridized carbons (Fsp3) is 0.444. The Morgan fingerprint density at radius 2 is 1.95 bits per heavy atom. The first-order valence-electron chi connectivity index (χ1n) is 5.50. The van der Waals surface area contributed by atoms with Crippen molar-refractivity contribution in [3.05, 3.63) is 6.20 Å². The first kappa shape index (κ1) is 13.5. The molecule has 1 aromatic heterocycles. The van der Waals surface area contributed by atoms with Crippen LogP contribution in [0.3, 0.4) is 0 Å². The third-order valence-electron chi connectivity index (χ3n) is 2.62. The molecule has 3 N–H and O–H groups in total. The number of nitrogens with zero attached hydrogens (tertiary/aromatic N) is 3. The van der Waals surface area contributed by atoms with Crippen molar-refractivity contribution in [3.8, 4) is 0 Å². The Labute approximate surface area is 109 Å². The quantitative estimate of drug-likeness (QED) is 0.627. The Morgan fingerprint density at radius 3 is 2.42 bits per heavy atom. The molecule has 10 heteroatoms. The average Bonchev–Trinajstić information content (AvgIpc) is 2.70.